The highest BCUT2D eigenvalue weighted by molar-refractivity contribution is 5.39. The predicted molar refractivity (Wildman–Crippen MR) is 74.9 cm³/mol. The molecule has 1 aliphatic carbocycles. The quantitative estimate of drug-likeness (QED) is 0.916. The monoisotopic (exact) mass is 278 g/mol. The van der Waals surface area contributed by atoms with Crippen LogP contribution < -0.4 is 4.74 Å². The molecule has 4 heteroatoms. The minimum absolute atomic E-state index is 0.100. The number of benzene rings is 1. The lowest BCUT2D eigenvalue weighted by molar-refractivity contribution is -0.0601. The molecule has 0 aromatic heterocycles. The molecule has 0 amide bonds. The van der Waals surface area contributed by atoms with Gasteiger partial charge in [-0.2, -0.15) is 0 Å². The number of rotatable bonds is 4. The van der Waals surface area contributed by atoms with Crippen LogP contribution in [0.5, 0.6) is 5.75 Å². The van der Waals surface area contributed by atoms with Crippen molar-refractivity contribution in [2.75, 3.05) is 26.9 Å². The second-order valence-corrected chi connectivity index (χ2v) is 5.65. The summed E-state index contributed by atoms with van der Waals surface area (Å²) < 4.78 is 16.5. The Labute approximate surface area is 119 Å². The zero-order chi connectivity index (χ0) is 13.9. The van der Waals surface area contributed by atoms with Crippen LogP contribution in [0.2, 0.25) is 0 Å². The topological polar surface area (TPSA) is 47.9 Å². The second-order valence-electron chi connectivity index (χ2n) is 5.65. The lowest BCUT2D eigenvalue weighted by Gasteiger charge is -2.31. The first-order valence-electron chi connectivity index (χ1n) is 7.32. The molecule has 20 heavy (non-hydrogen) atoms. The van der Waals surface area contributed by atoms with Gasteiger partial charge in [0.25, 0.3) is 0 Å². The molecule has 1 aliphatic heterocycles. The van der Waals surface area contributed by atoms with Crippen molar-refractivity contribution in [3.63, 3.8) is 0 Å². The third-order valence-corrected chi connectivity index (χ3v) is 4.29. The van der Waals surface area contributed by atoms with Crippen molar-refractivity contribution >= 4 is 0 Å². The molecule has 4 nitrogen and oxygen atoms in total. The van der Waals surface area contributed by atoms with Crippen LogP contribution >= 0.6 is 0 Å². The van der Waals surface area contributed by atoms with Gasteiger partial charge in [0.15, 0.2) is 0 Å². The fourth-order valence-corrected chi connectivity index (χ4v) is 3.02. The maximum absolute atomic E-state index is 10.5. The van der Waals surface area contributed by atoms with E-state index in [1.807, 2.05) is 18.2 Å². The van der Waals surface area contributed by atoms with Crippen molar-refractivity contribution in [3.05, 3.63) is 29.3 Å². The van der Waals surface area contributed by atoms with E-state index in [2.05, 4.69) is 0 Å². The fourth-order valence-electron chi connectivity index (χ4n) is 3.02. The van der Waals surface area contributed by atoms with Crippen LogP contribution in [0, 0.1) is 5.92 Å². The van der Waals surface area contributed by atoms with Crippen molar-refractivity contribution in [2.24, 2.45) is 5.92 Å². The molecule has 0 spiro atoms. The Balaban J connectivity index is 1.64. The summed E-state index contributed by atoms with van der Waals surface area (Å²) in [6, 6.07) is 5.86. The number of hydrogen-bond acceptors (Lipinski definition) is 4. The van der Waals surface area contributed by atoms with E-state index in [0.717, 1.165) is 43.8 Å². The molecule has 0 bridgehead atoms. The van der Waals surface area contributed by atoms with E-state index in [4.69, 9.17) is 14.2 Å². The lowest BCUT2D eigenvalue weighted by atomic mass is 9.87. The standard InChI is InChI=1S/C16H22O4/c1-18-13-3-4-14-12(8-13)2-5-15(16(14)17)20-10-11-6-7-19-9-11/h3-4,8,11,15-17H,2,5-7,9-10H2,1H3. The molecule has 1 saturated heterocycles. The maximum Gasteiger partial charge on any atom is 0.119 e. The molecule has 110 valence electrons. The normalized spacial score (nSPS) is 29.2. The number of aliphatic hydroxyl groups is 1. The summed E-state index contributed by atoms with van der Waals surface area (Å²) in [4.78, 5) is 0. The molecule has 1 heterocycles. The van der Waals surface area contributed by atoms with Gasteiger partial charge in [-0.25, -0.2) is 0 Å². The molecule has 3 rings (SSSR count). The van der Waals surface area contributed by atoms with Gasteiger partial charge in [0.1, 0.15) is 11.9 Å². The van der Waals surface area contributed by atoms with Crippen LogP contribution in [0.25, 0.3) is 0 Å². The Bertz CT molecular complexity index is 454. The molecule has 0 saturated carbocycles. The van der Waals surface area contributed by atoms with Gasteiger partial charge in [-0.05, 0) is 42.5 Å². The first-order chi connectivity index (χ1) is 9.78. The Morgan fingerprint density at radius 3 is 3.00 bits per heavy atom. The highest BCUT2D eigenvalue weighted by Gasteiger charge is 2.30. The smallest absolute Gasteiger partial charge is 0.119 e. The van der Waals surface area contributed by atoms with E-state index in [1.165, 1.54) is 5.56 Å². The van der Waals surface area contributed by atoms with Gasteiger partial charge in [-0.15, -0.1) is 0 Å². The van der Waals surface area contributed by atoms with Crippen molar-refractivity contribution in [1.82, 2.24) is 0 Å². The zero-order valence-electron chi connectivity index (χ0n) is 11.9. The molecule has 3 atom stereocenters. The number of methoxy groups -OCH3 is 1. The van der Waals surface area contributed by atoms with Crippen LogP contribution in [0.3, 0.4) is 0 Å². The average molecular weight is 278 g/mol. The van der Waals surface area contributed by atoms with E-state index in [0.29, 0.717) is 12.5 Å². The van der Waals surface area contributed by atoms with Crippen molar-refractivity contribution in [3.8, 4) is 5.75 Å². The molecule has 1 aromatic carbocycles. The SMILES string of the molecule is COc1ccc2c(c1)CCC(OCC1CCOC1)C2O. The minimum Gasteiger partial charge on any atom is -0.497 e. The van der Waals surface area contributed by atoms with Crippen molar-refractivity contribution in [1.29, 1.82) is 0 Å². The summed E-state index contributed by atoms with van der Waals surface area (Å²) >= 11 is 0. The van der Waals surface area contributed by atoms with Crippen LogP contribution in [-0.4, -0.2) is 38.1 Å². The minimum atomic E-state index is -0.535. The van der Waals surface area contributed by atoms with E-state index in [1.54, 1.807) is 7.11 Å². The molecule has 2 aliphatic rings. The fraction of sp³-hybridized carbons (Fsp3) is 0.625. The van der Waals surface area contributed by atoms with Gasteiger partial charge in [0, 0.05) is 12.5 Å². The van der Waals surface area contributed by atoms with Gasteiger partial charge in [0.2, 0.25) is 0 Å². The first-order valence-corrected chi connectivity index (χ1v) is 7.32. The molecular formula is C16H22O4. The van der Waals surface area contributed by atoms with Gasteiger partial charge in [-0.1, -0.05) is 6.07 Å². The first kappa shape index (κ1) is 13.9. The second kappa shape index (κ2) is 6.12. The number of hydrogen-bond donors (Lipinski definition) is 1. The van der Waals surface area contributed by atoms with Crippen LogP contribution in [0.1, 0.15) is 30.1 Å². The van der Waals surface area contributed by atoms with Crippen molar-refractivity contribution in [2.45, 2.75) is 31.5 Å². The number of aliphatic hydroxyl groups excluding tert-OH is 1. The molecule has 0 radical (unpaired) electrons. The number of ether oxygens (including phenoxy) is 3. The van der Waals surface area contributed by atoms with Gasteiger partial charge < -0.3 is 19.3 Å². The number of aryl methyl sites for hydroxylation is 1. The number of fused-ring (bicyclic) bond motifs is 1. The average Bonchev–Trinajstić information content (AvgIpc) is 2.99. The van der Waals surface area contributed by atoms with E-state index >= 15 is 0 Å². The molecule has 1 fully saturated rings. The van der Waals surface area contributed by atoms with Gasteiger partial charge in [-0.3, -0.25) is 0 Å². The largest absolute Gasteiger partial charge is 0.497 e. The summed E-state index contributed by atoms with van der Waals surface area (Å²) in [6.45, 7) is 2.31. The summed E-state index contributed by atoms with van der Waals surface area (Å²) in [6.07, 6.45) is 2.21. The Kier molecular flexibility index (Phi) is 4.24. The summed E-state index contributed by atoms with van der Waals surface area (Å²) in [5, 5.41) is 10.5. The molecule has 3 unspecified atom stereocenters. The molecular weight excluding hydrogens is 256 g/mol. The van der Waals surface area contributed by atoms with Crippen molar-refractivity contribution < 1.29 is 19.3 Å². The Morgan fingerprint density at radius 2 is 2.25 bits per heavy atom. The molecule has 1 N–H and O–H groups in total. The third kappa shape index (κ3) is 2.82. The predicted octanol–water partition coefficient (Wildman–Crippen LogP) is 2.10. The summed E-state index contributed by atoms with van der Waals surface area (Å²) in [5.41, 5.74) is 2.14. The van der Waals surface area contributed by atoms with Gasteiger partial charge in [0.05, 0.1) is 26.4 Å². The highest BCUT2D eigenvalue weighted by Crippen LogP contribution is 2.34. The van der Waals surface area contributed by atoms with E-state index in [9.17, 15) is 5.11 Å². The van der Waals surface area contributed by atoms with Crippen LogP contribution in [-0.2, 0) is 15.9 Å². The Morgan fingerprint density at radius 1 is 1.35 bits per heavy atom. The summed E-state index contributed by atoms with van der Waals surface area (Å²) in [7, 11) is 1.66. The highest BCUT2D eigenvalue weighted by atomic mass is 16.5. The lowest BCUT2D eigenvalue weighted by Crippen LogP contribution is -2.30. The van der Waals surface area contributed by atoms with E-state index in [-0.39, 0.29) is 6.10 Å². The Hall–Kier alpha value is -1.10. The van der Waals surface area contributed by atoms with Crippen LogP contribution in [0.15, 0.2) is 18.2 Å². The third-order valence-electron chi connectivity index (χ3n) is 4.29. The van der Waals surface area contributed by atoms with Gasteiger partial charge >= 0.3 is 0 Å². The van der Waals surface area contributed by atoms with Crippen LogP contribution in [0.4, 0.5) is 0 Å². The molecule has 1 aromatic rings. The summed E-state index contributed by atoms with van der Waals surface area (Å²) in [5.74, 6) is 1.33. The zero-order valence-corrected chi connectivity index (χ0v) is 11.9. The maximum atomic E-state index is 10.5. The van der Waals surface area contributed by atoms with E-state index < -0.39 is 6.10 Å².